The van der Waals surface area contributed by atoms with Crippen molar-refractivity contribution in [3.8, 4) is 16.8 Å². The number of hydrogen-bond donors (Lipinski definition) is 1. The molecule has 5 aromatic rings. The largest absolute Gasteiger partial charge is 0.338 e. The molecule has 1 N–H and O–H groups in total. The molecule has 3 aromatic heterocycles. The highest BCUT2D eigenvalue weighted by molar-refractivity contribution is 5.91. The molecular weight excluding hydrogens is 416 g/mol. The van der Waals surface area contributed by atoms with Crippen LogP contribution in [0.3, 0.4) is 0 Å². The van der Waals surface area contributed by atoms with Crippen LogP contribution in [0.1, 0.15) is 24.6 Å². The number of benzene rings is 2. The normalized spacial score (nSPS) is 11.2. The van der Waals surface area contributed by atoms with Crippen LogP contribution < -0.4 is 5.32 Å². The highest BCUT2D eigenvalue weighted by Crippen LogP contribution is 2.25. The van der Waals surface area contributed by atoms with Gasteiger partial charge in [-0.1, -0.05) is 36.7 Å². The fourth-order valence-electron chi connectivity index (χ4n) is 3.85. The van der Waals surface area contributed by atoms with Crippen LogP contribution in [0.4, 0.5) is 5.88 Å². The van der Waals surface area contributed by atoms with E-state index in [1.807, 2.05) is 54.6 Å². The molecule has 0 atom stereocenters. The molecule has 0 spiro atoms. The van der Waals surface area contributed by atoms with Crippen LogP contribution in [0.15, 0.2) is 71.8 Å². The molecule has 2 aromatic carbocycles. The number of fused-ring (bicyclic) bond motifs is 1. The summed E-state index contributed by atoms with van der Waals surface area (Å²) in [5.41, 5.74) is 6.80. The number of aromatic nitrogens is 5. The SMILES string of the molecule is CCCc1cc(NC(=O)Cc2ccc(-n3cnc4cc(-c5cnn(C)c5)ccc43)cc2)on1. The van der Waals surface area contributed by atoms with Crippen LogP contribution in [0.2, 0.25) is 0 Å². The van der Waals surface area contributed by atoms with E-state index in [1.54, 1.807) is 10.7 Å². The summed E-state index contributed by atoms with van der Waals surface area (Å²) >= 11 is 0. The summed E-state index contributed by atoms with van der Waals surface area (Å²) in [6.45, 7) is 2.07. The molecule has 33 heavy (non-hydrogen) atoms. The molecule has 8 nitrogen and oxygen atoms in total. The van der Waals surface area contributed by atoms with Gasteiger partial charge < -0.3 is 4.52 Å². The van der Waals surface area contributed by atoms with Gasteiger partial charge in [0.15, 0.2) is 0 Å². The van der Waals surface area contributed by atoms with Crippen LogP contribution in [0.5, 0.6) is 0 Å². The Balaban J connectivity index is 1.29. The number of rotatable bonds is 7. The summed E-state index contributed by atoms with van der Waals surface area (Å²) in [5.74, 6) is 0.244. The molecule has 0 saturated carbocycles. The molecule has 3 heterocycles. The first-order valence-electron chi connectivity index (χ1n) is 10.9. The number of aryl methyl sites for hydroxylation is 2. The van der Waals surface area contributed by atoms with Gasteiger partial charge in [0.1, 0.15) is 6.33 Å². The third-order valence-corrected chi connectivity index (χ3v) is 5.49. The second-order valence-electron chi connectivity index (χ2n) is 8.04. The van der Waals surface area contributed by atoms with Crippen LogP contribution in [0, 0.1) is 0 Å². The van der Waals surface area contributed by atoms with Crippen LogP contribution in [0.25, 0.3) is 27.8 Å². The molecule has 0 unspecified atom stereocenters. The monoisotopic (exact) mass is 440 g/mol. The Bertz CT molecular complexity index is 1410. The number of carbonyl (C=O) groups excluding carboxylic acids is 1. The van der Waals surface area contributed by atoms with Crippen molar-refractivity contribution in [3.63, 3.8) is 0 Å². The number of carbonyl (C=O) groups is 1. The van der Waals surface area contributed by atoms with Gasteiger partial charge in [-0.05, 0) is 41.8 Å². The van der Waals surface area contributed by atoms with Crippen molar-refractivity contribution >= 4 is 22.8 Å². The number of anilines is 1. The van der Waals surface area contributed by atoms with E-state index in [4.69, 9.17) is 4.52 Å². The number of amides is 1. The van der Waals surface area contributed by atoms with E-state index in [2.05, 4.69) is 45.7 Å². The fraction of sp³-hybridized carbons (Fsp3) is 0.200. The van der Waals surface area contributed by atoms with Gasteiger partial charge >= 0.3 is 0 Å². The topological polar surface area (TPSA) is 90.8 Å². The fourth-order valence-corrected chi connectivity index (χ4v) is 3.85. The number of imidazole rings is 1. The molecule has 0 aliphatic carbocycles. The van der Waals surface area contributed by atoms with Crippen molar-refractivity contribution < 1.29 is 9.32 Å². The second-order valence-corrected chi connectivity index (χ2v) is 8.04. The lowest BCUT2D eigenvalue weighted by Crippen LogP contribution is -2.13. The van der Waals surface area contributed by atoms with Gasteiger partial charge in [-0.25, -0.2) is 4.98 Å². The zero-order chi connectivity index (χ0) is 22.8. The van der Waals surface area contributed by atoms with Crippen LogP contribution >= 0.6 is 0 Å². The lowest BCUT2D eigenvalue weighted by atomic mass is 10.1. The molecule has 0 fully saturated rings. The zero-order valence-electron chi connectivity index (χ0n) is 18.5. The first-order valence-corrected chi connectivity index (χ1v) is 10.9. The van der Waals surface area contributed by atoms with Gasteiger partial charge in [-0.2, -0.15) is 5.10 Å². The maximum absolute atomic E-state index is 12.4. The predicted molar refractivity (Wildman–Crippen MR) is 126 cm³/mol. The smallest absolute Gasteiger partial charge is 0.231 e. The van der Waals surface area contributed by atoms with Gasteiger partial charge in [0, 0.05) is 30.6 Å². The van der Waals surface area contributed by atoms with E-state index in [1.165, 1.54) is 0 Å². The summed E-state index contributed by atoms with van der Waals surface area (Å²) in [6.07, 6.45) is 7.71. The molecule has 0 radical (unpaired) electrons. The Labute approximate surface area is 190 Å². The van der Waals surface area contributed by atoms with Crippen LogP contribution in [-0.2, 0) is 24.7 Å². The summed E-state index contributed by atoms with van der Waals surface area (Å²) in [7, 11) is 1.90. The number of nitrogens with zero attached hydrogens (tertiary/aromatic N) is 5. The van der Waals surface area contributed by atoms with Crippen molar-refractivity contribution in [1.82, 2.24) is 24.5 Å². The Morgan fingerprint density at radius 3 is 2.70 bits per heavy atom. The summed E-state index contributed by atoms with van der Waals surface area (Å²) in [4.78, 5) is 16.9. The van der Waals surface area contributed by atoms with Gasteiger partial charge in [0.25, 0.3) is 0 Å². The molecule has 0 bridgehead atoms. The van der Waals surface area contributed by atoms with Gasteiger partial charge in [-0.3, -0.25) is 19.4 Å². The Kier molecular flexibility index (Phi) is 5.48. The zero-order valence-corrected chi connectivity index (χ0v) is 18.5. The second kappa shape index (κ2) is 8.74. The average molecular weight is 441 g/mol. The maximum atomic E-state index is 12.4. The highest BCUT2D eigenvalue weighted by Gasteiger charge is 2.11. The standard InChI is InChI=1S/C25H24N6O2/c1-3-4-20-13-25(33-29-20)28-24(32)11-17-5-8-21(9-6-17)31-16-26-22-12-18(7-10-23(22)31)19-14-27-30(2)15-19/h5-10,12-16H,3-4,11H2,1-2H3,(H,28,32). The minimum Gasteiger partial charge on any atom is -0.338 e. The third-order valence-electron chi connectivity index (χ3n) is 5.49. The molecule has 8 heteroatoms. The molecule has 5 rings (SSSR count). The molecule has 0 aliphatic rings. The molecule has 0 aliphatic heterocycles. The Hall–Kier alpha value is -4.20. The predicted octanol–water partition coefficient (Wildman–Crippen LogP) is 4.55. The number of hydrogen-bond acceptors (Lipinski definition) is 5. The van der Waals surface area contributed by atoms with E-state index in [0.717, 1.165) is 51.9 Å². The van der Waals surface area contributed by atoms with Crippen molar-refractivity contribution in [2.45, 2.75) is 26.2 Å². The maximum Gasteiger partial charge on any atom is 0.231 e. The van der Waals surface area contributed by atoms with Gasteiger partial charge in [-0.15, -0.1) is 0 Å². The lowest BCUT2D eigenvalue weighted by Gasteiger charge is -2.07. The van der Waals surface area contributed by atoms with Crippen molar-refractivity contribution in [1.29, 1.82) is 0 Å². The van der Waals surface area contributed by atoms with E-state index in [-0.39, 0.29) is 12.3 Å². The lowest BCUT2D eigenvalue weighted by molar-refractivity contribution is -0.115. The minimum atomic E-state index is -0.141. The van der Waals surface area contributed by atoms with Crippen molar-refractivity contribution in [2.24, 2.45) is 7.05 Å². The first-order chi connectivity index (χ1) is 16.1. The first kappa shape index (κ1) is 20.7. The van der Waals surface area contributed by atoms with Crippen molar-refractivity contribution in [2.75, 3.05) is 5.32 Å². The third kappa shape index (κ3) is 4.41. The molecular formula is C25H24N6O2. The minimum absolute atomic E-state index is 0.141. The summed E-state index contributed by atoms with van der Waals surface area (Å²) in [6, 6.07) is 15.9. The van der Waals surface area contributed by atoms with E-state index < -0.39 is 0 Å². The van der Waals surface area contributed by atoms with E-state index in [9.17, 15) is 4.79 Å². The Morgan fingerprint density at radius 1 is 1.09 bits per heavy atom. The van der Waals surface area contributed by atoms with Gasteiger partial charge in [0.05, 0.1) is 29.3 Å². The Morgan fingerprint density at radius 2 is 1.94 bits per heavy atom. The quantitative estimate of drug-likeness (QED) is 0.401. The van der Waals surface area contributed by atoms with E-state index >= 15 is 0 Å². The van der Waals surface area contributed by atoms with E-state index in [0.29, 0.717) is 5.88 Å². The summed E-state index contributed by atoms with van der Waals surface area (Å²) in [5, 5.41) is 11.0. The molecule has 166 valence electrons. The molecule has 0 saturated heterocycles. The number of nitrogens with one attached hydrogen (secondary N) is 1. The highest BCUT2D eigenvalue weighted by atomic mass is 16.5. The molecule has 1 amide bonds. The average Bonchev–Trinajstić information content (AvgIpc) is 3.54. The summed E-state index contributed by atoms with van der Waals surface area (Å²) < 4.78 is 9.00. The van der Waals surface area contributed by atoms with Crippen LogP contribution in [-0.4, -0.2) is 30.4 Å². The van der Waals surface area contributed by atoms with Crippen molar-refractivity contribution in [3.05, 3.63) is 78.5 Å². The van der Waals surface area contributed by atoms with Gasteiger partial charge in [0.2, 0.25) is 11.8 Å².